The van der Waals surface area contributed by atoms with Gasteiger partial charge in [-0.1, -0.05) is 49.7 Å². The number of rotatable bonds is 5. The smallest absolute Gasteiger partial charge is 0.254 e. The standard InChI is InChI=1S/C25H28N2O/c1-3-4-9-20-12-14-21(15-13-20)25(28)27-18-17-26-16-7-11-23(26)24(27)22-10-6-5-8-19(22)2/h5-8,10-16,24H,3-4,9,17-18H2,1-2H3. The molecule has 4 rings (SSSR count). The second kappa shape index (κ2) is 8.05. The van der Waals surface area contributed by atoms with Gasteiger partial charge in [-0.25, -0.2) is 0 Å². The normalized spacial score (nSPS) is 16.1. The highest BCUT2D eigenvalue weighted by molar-refractivity contribution is 5.95. The van der Waals surface area contributed by atoms with Crippen LogP contribution in [0.4, 0.5) is 0 Å². The number of aromatic nitrogens is 1. The monoisotopic (exact) mass is 372 g/mol. The summed E-state index contributed by atoms with van der Waals surface area (Å²) in [4.78, 5) is 15.5. The van der Waals surface area contributed by atoms with Gasteiger partial charge in [-0.05, 0) is 60.7 Å². The van der Waals surface area contributed by atoms with Crippen molar-refractivity contribution in [1.29, 1.82) is 0 Å². The van der Waals surface area contributed by atoms with Crippen molar-refractivity contribution >= 4 is 5.91 Å². The Morgan fingerprint density at radius 3 is 2.54 bits per heavy atom. The minimum absolute atomic E-state index is 0.0442. The number of unbranched alkanes of at least 4 members (excludes halogenated alkanes) is 1. The fourth-order valence-corrected chi connectivity index (χ4v) is 4.18. The van der Waals surface area contributed by atoms with E-state index >= 15 is 0 Å². The van der Waals surface area contributed by atoms with Crippen LogP contribution in [0, 0.1) is 6.92 Å². The average molecular weight is 373 g/mol. The first-order valence-electron chi connectivity index (χ1n) is 10.3. The summed E-state index contributed by atoms with van der Waals surface area (Å²) in [6, 6.07) is 20.8. The molecule has 0 aliphatic carbocycles. The Hall–Kier alpha value is -2.81. The molecule has 1 aliphatic heterocycles. The van der Waals surface area contributed by atoms with E-state index < -0.39 is 0 Å². The van der Waals surface area contributed by atoms with E-state index in [-0.39, 0.29) is 11.9 Å². The van der Waals surface area contributed by atoms with Gasteiger partial charge in [0.15, 0.2) is 0 Å². The van der Waals surface area contributed by atoms with Crippen molar-refractivity contribution < 1.29 is 4.79 Å². The van der Waals surface area contributed by atoms with Gasteiger partial charge in [0.1, 0.15) is 0 Å². The zero-order valence-corrected chi connectivity index (χ0v) is 16.8. The minimum atomic E-state index is -0.0442. The maximum absolute atomic E-state index is 13.5. The summed E-state index contributed by atoms with van der Waals surface area (Å²) < 4.78 is 2.27. The Balaban J connectivity index is 1.67. The number of hydrogen-bond acceptors (Lipinski definition) is 1. The molecule has 2 aromatic carbocycles. The van der Waals surface area contributed by atoms with E-state index in [9.17, 15) is 4.79 Å². The van der Waals surface area contributed by atoms with Gasteiger partial charge in [0, 0.05) is 30.5 Å². The molecule has 1 atom stereocenters. The fourth-order valence-electron chi connectivity index (χ4n) is 4.18. The molecule has 3 nitrogen and oxygen atoms in total. The lowest BCUT2D eigenvalue weighted by Gasteiger charge is -2.38. The summed E-state index contributed by atoms with van der Waals surface area (Å²) in [5.41, 5.74) is 5.69. The van der Waals surface area contributed by atoms with Gasteiger partial charge in [0.25, 0.3) is 5.91 Å². The number of carbonyl (C=O) groups is 1. The molecule has 0 radical (unpaired) electrons. The maximum Gasteiger partial charge on any atom is 0.254 e. The zero-order valence-electron chi connectivity index (χ0n) is 16.8. The Kier molecular flexibility index (Phi) is 5.34. The highest BCUT2D eigenvalue weighted by atomic mass is 16.2. The molecule has 3 heteroatoms. The molecule has 0 spiro atoms. The van der Waals surface area contributed by atoms with Crippen LogP contribution >= 0.6 is 0 Å². The SMILES string of the molecule is CCCCc1ccc(C(=O)N2CCn3cccc3C2c2ccccc2C)cc1. The van der Waals surface area contributed by atoms with Crippen molar-refractivity contribution in [2.75, 3.05) is 6.54 Å². The van der Waals surface area contributed by atoms with Crippen molar-refractivity contribution in [1.82, 2.24) is 9.47 Å². The number of hydrogen-bond donors (Lipinski definition) is 0. The third-order valence-electron chi connectivity index (χ3n) is 5.80. The molecular formula is C25H28N2O. The summed E-state index contributed by atoms with van der Waals surface area (Å²) in [7, 11) is 0. The topological polar surface area (TPSA) is 25.2 Å². The number of carbonyl (C=O) groups excluding carboxylic acids is 1. The van der Waals surface area contributed by atoms with Crippen LogP contribution in [0.15, 0.2) is 66.9 Å². The molecule has 1 amide bonds. The van der Waals surface area contributed by atoms with E-state index in [1.165, 1.54) is 35.2 Å². The average Bonchev–Trinajstić information content (AvgIpc) is 3.21. The van der Waals surface area contributed by atoms with Crippen LogP contribution in [0.1, 0.15) is 58.5 Å². The number of benzene rings is 2. The van der Waals surface area contributed by atoms with E-state index in [1.807, 2.05) is 17.0 Å². The highest BCUT2D eigenvalue weighted by Gasteiger charge is 2.33. The van der Waals surface area contributed by atoms with E-state index in [1.54, 1.807) is 0 Å². The first-order valence-corrected chi connectivity index (χ1v) is 10.3. The zero-order chi connectivity index (χ0) is 19.5. The number of amides is 1. The van der Waals surface area contributed by atoms with Gasteiger partial charge in [0.2, 0.25) is 0 Å². The molecule has 0 fully saturated rings. The third-order valence-corrected chi connectivity index (χ3v) is 5.80. The molecule has 0 N–H and O–H groups in total. The van der Waals surface area contributed by atoms with Gasteiger partial charge in [-0.3, -0.25) is 4.79 Å². The molecule has 0 saturated heterocycles. The van der Waals surface area contributed by atoms with Crippen molar-refractivity contribution in [3.63, 3.8) is 0 Å². The third kappa shape index (κ3) is 3.49. The quantitative estimate of drug-likeness (QED) is 0.590. The molecular weight excluding hydrogens is 344 g/mol. The van der Waals surface area contributed by atoms with Crippen LogP contribution < -0.4 is 0 Å². The number of nitrogens with zero attached hydrogens (tertiary/aromatic N) is 2. The Bertz CT molecular complexity index is 955. The van der Waals surface area contributed by atoms with E-state index in [4.69, 9.17) is 0 Å². The Morgan fingerprint density at radius 2 is 1.79 bits per heavy atom. The van der Waals surface area contributed by atoms with Gasteiger partial charge in [-0.2, -0.15) is 0 Å². The molecule has 1 unspecified atom stereocenters. The second-order valence-corrected chi connectivity index (χ2v) is 7.68. The molecule has 1 aliphatic rings. The molecule has 28 heavy (non-hydrogen) atoms. The molecule has 144 valence electrons. The summed E-state index contributed by atoms with van der Waals surface area (Å²) in [5.74, 6) is 0.114. The lowest BCUT2D eigenvalue weighted by Crippen LogP contribution is -2.42. The summed E-state index contributed by atoms with van der Waals surface area (Å²) >= 11 is 0. The Morgan fingerprint density at radius 1 is 1.00 bits per heavy atom. The van der Waals surface area contributed by atoms with Crippen LogP contribution in [-0.2, 0) is 13.0 Å². The van der Waals surface area contributed by atoms with E-state index in [2.05, 4.69) is 73.1 Å². The van der Waals surface area contributed by atoms with Crippen molar-refractivity contribution in [2.45, 2.75) is 45.7 Å². The van der Waals surface area contributed by atoms with Crippen LogP contribution in [0.2, 0.25) is 0 Å². The number of fused-ring (bicyclic) bond motifs is 1. The minimum Gasteiger partial charge on any atom is -0.348 e. The molecule has 0 saturated carbocycles. The lowest BCUT2D eigenvalue weighted by atomic mass is 9.95. The van der Waals surface area contributed by atoms with E-state index in [0.29, 0.717) is 0 Å². The molecule has 3 aromatic rings. The first kappa shape index (κ1) is 18.5. The van der Waals surface area contributed by atoms with Crippen LogP contribution in [-0.4, -0.2) is 21.9 Å². The van der Waals surface area contributed by atoms with Gasteiger partial charge in [-0.15, -0.1) is 0 Å². The van der Waals surface area contributed by atoms with Crippen LogP contribution in [0.5, 0.6) is 0 Å². The predicted molar refractivity (Wildman–Crippen MR) is 114 cm³/mol. The lowest BCUT2D eigenvalue weighted by molar-refractivity contribution is 0.0663. The van der Waals surface area contributed by atoms with Crippen molar-refractivity contribution in [3.05, 3.63) is 94.8 Å². The van der Waals surface area contributed by atoms with Gasteiger partial charge < -0.3 is 9.47 Å². The number of aryl methyl sites for hydroxylation is 2. The predicted octanol–water partition coefficient (Wildman–Crippen LogP) is 5.38. The maximum atomic E-state index is 13.5. The van der Waals surface area contributed by atoms with Crippen molar-refractivity contribution in [2.24, 2.45) is 0 Å². The molecule has 0 bridgehead atoms. The van der Waals surface area contributed by atoms with Crippen LogP contribution in [0.25, 0.3) is 0 Å². The fraction of sp³-hybridized carbons (Fsp3) is 0.320. The van der Waals surface area contributed by atoms with Crippen LogP contribution in [0.3, 0.4) is 0 Å². The Labute approximate surface area is 167 Å². The largest absolute Gasteiger partial charge is 0.348 e. The summed E-state index contributed by atoms with van der Waals surface area (Å²) in [6.07, 6.45) is 5.57. The first-order chi connectivity index (χ1) is 13.7. The molecule has 2 heterocycles. The molecule has 1 aromatic heterocycles. The highest BCUT2D eigenvalue weighted by Crippen LogP contribution is 2.35. The van der Waals surface area contributed by atoms with Gasteiger partial charge in [0.05, 0.1) is 6.04 Å². The van der Waals surface area contributed by atoms with E-state index in [0.717, 1.165) is 25.1 Å². The van der Waals surface area contributed by atoms with Crippen molar-refractivity contribution in [3.8, 4) is 0 Å². The van der Waals surface area contributed by atoms with Gasteiger partial charge >= 0.3 is 0 Å². The summed E-state index contributed by atoms with van der Waals surface area (Å²) in [6.45, 7) is 5.89. The summed E-state index contributed by atoms with van der Waals surface area (Å²) in [5, 5.41) is 0. The second-order valence-electron chi connectivity index (χ2n) is 7.68.